The van der Waals surface area contributed by atoms with Gasteiger partial charge in [0.05, 0.1) is 18.5 Å². The second-order valence-corrected chi connectivity index (χ2v) is 7.36. The van der Waals surface area contributed by atoms with E-state index < -0.39 is 24.9 Å². The molecule has 27 heavy (non-hydrogen) atoms. The zero-order valence-corrected chi connectivity index (χ0v) is 15.3. The van der Waals surface area contributed by atoms with E-state index in [0.29, 0.717) is 19.5 Å². The summed E-state index contributed by atoms with van der Waals surface area (Å²) >= 11 is 0. The zero-order chi connectivity index (χ0) is 19.4. The molecule has 0 unspecified atom stereocenters. The molecule has 2 heterocycles. The number of hydrogen-bond acceptors (Lipinski definition) is 2. The van der Waals surface area contributed by atoms with E-state index in [9.17, 15) is 22.8 Å². The molecule has 3 rings (SSSR count). The molecule has 0 spiro atoms. The lowest BCUT2D eigenvalue weighted by molar-refractivity contribution is -0.149. The summed E-state index contributed by atoms with van der Waals surface area (Å²) in [5.74, 6) is -0.475. The monoisotopic (exact) mass is 382 g/mol. The van der Waals surface area contributed by atoms with Gasteiger partial charge in [0.1, 0.15) is 0 Å². The molecule has 2 aliphatic heterocycles. The number of halogens is 3. The van der Waals surface area contributed by atoms with Crippen molar-refractivity contribution in [3.63, 3.8) is 0 Å². The van der Waals surface area contributed by atoms with E-state index in [1.165, 1.54) is 10.5 Å². The van der Waals surface area contributed by atoms with Crippen LogP contribution in [0.15, 0.2) is 30.3 Å². The quantitative estimate of drug-likeness (QED) is 0.677. The molecule has 0 radical (unpaired) electrons. The summed E-state index contributed by atoms with van der Waals surface area (Å²) in [6.07, 6.45) is -2.25. The molecule has 148 valence electrons. The average molecular weight is 382 g/mol. The first-order valence-corrected chi connectivity index (χ1v) is 9.55. The van der Waals surface area contributed by atoms with Crippen LogP contribution >= 0.6 is 0 Å². The highest BCUT2D eigenvalue weighted by Crippen LogP contribution is 2.34. The predicted octanol–water partition coefficient (Wildman–Crippen LogP) is 3.55. The standard InChI is InChI=1S/C20H25F3N2O2/c21-20(22,23)11-9-18(26)25-13-10-16-17(25)14-19(27)24(16)12-5-4-8-15-6-2-1-3-7-15/h1-3,6-7,16-17H,4-5,8-14H2/t16-,17-/m0/s1. The van der Waals surface area contributed by atoms with Crippen LogP contribution < -0.4 is 0 Å². The molecule has 0 saturated carbocycles. The van der Waals surface area contributed by atoms with E-state index in [1.54, 1.807) is 0 Å². The maximum Gasteiger partial charge on any atom is 0.389 e. The first-order chi connectivity index (χ1) is 12.8. The molecule has 0 N–H and O–H groups in total. The van der Waals surface area contributed by atoms with Crippen molar-refractivity contribution in [2.45, 2.75) is 63.2 Å². The number of rotatable bonds is 7. The zero-order valence-electron chi connectivity index (χ0n) is 15.3. The van der Waals surface area contributed by atoms with Crippen molar-refractivity contribution in [3.05, 3.63) is 35.9 Å². The Morgan fingerprint density at radius 3 is 2.56 bits per heavy atom. The third-order valence-corrected chi connectivity index (χ3v) is 5.51. The molecule has 4 nitrogen and oxygen atoms in total. The summed E-state index contributed by atoms with van der Waals surface area (Å²) in [7, 11) is 0. The fourth-order valence-corrected chi connectivity index (χ4v) is 4.18. The first-order valence-electron chi connectivity index (χ1n) is 9.55. The van der Waals surface area contributed by atoms with E-state index in [1.807, 2.05) is 23.1 Å². The van der Waals surface area contributed by atoms with Gasteiger partial charge < -0.3 is 9.80 Å². The first kappa shape index (κ1) is 19.7. The molecule has 2 atom stereocenters. The van der Waals surface area contributed by atoms with Crippen LogP contribution in [-0.4, -0.2) is 53.0 Å². The topological polar surface area (TPSA) is 40.6 Å². The Morgan fingerprint density at radius 2 is 1.85 bits per heavy atom. The molecular formula is C20H25F3N2O2. The van der Waals surface area contributed by atoms with Crippen LogP contribution in [0.2, 0.25) is 0 Å². The van der Waals surface area contributed by atoms with Crippen LogP contribution in [0.3, 0.4) is 0 Å². The molecule has 0 aliphatic carbocycles. The van der Waals surface area contributed by atoms with Gasteiger partial charge in [-0.15, -0.1) is 0 Å². The molecule has 2 amide bonds. The molecule has 2 saturated heterocycles. The second-order valence-electron chi connectivity index (χ2n) is 7.36. The molecule has 0 bridgehead atoms. The number of aryl methyl sites for hydroxylation is 1. The molecule has 1 aromatic carbocycles. The van der Waals surface area contributed by atoms with Crippen molar-refractivity contribution >= 4 is 11.8 Å². The van der Waals surface area contributed by atoms with Crippen LogP contribution in [0.4, 0.5) is 13.2 Å². The second kappa shape index (κ2) is 8.31. The Hall–Kier alpha value is -2.05. The highest BCUT2D eigenvalue weighted by molar-refractivity contribution is 5.83. The summed E-state index contributed by atoms with van der Waals surface area (Å²) in [6.45, 7) is 1.09. The third kappa shape index (κ3) is 5.02. The minimum absolute atomic E-state index is 0.0121. The van der Waals surface area contributed by atoms with Gasteiger partial charge in [-0.2, -0.15) is 13.2 Å². The third-order valence-electron chi connectivity index (χ3n) is 5.51. The Bertz CT molecular complexity index is 663. The summed E-state index contributed by atoms with van der Waals surface area (Å²) in [5.41, 5.74) is 1.27. The van der Waals surface area contributed by atoms with E-state index >= 15 is 0 Å². The lowest BCUT2D eigenvalue weighted by Crippen LogP contribution is -2.40. The van der Waals surface area contributed by atoms with Crippen molar-refractivity contribution in [1.29, 1.82) is 0 Å². The maximum absolute atomic E-state index is 12.4. The van der Waals surface area contributed by atoms with E-state index in [-0.39, 0.29) is 24.4 Å². The highest BCUT2D eigenvalue weighted by Gasteiger charge is 2.48. The number of amides is 2. The fraction of sp³-hybridized carbons (Fsp3) is 0.600. The van der Waals surface area contributed by atoms with Gasteiger partial charge >= 0.3 is 6.18 Å². The van der Waals surface area contributed by atoms with Gasteiger partial charge in [-0.3, -0.25) is 9.59 Å². The number of benzene rings is 1. The van der Waals surface area contributed by atoms with E-state index in [0.717, 1.165) is 19.3 Å². The summed E-state index contributed by atoms with van der Waals surface area (Å²) in [5, 5.41) is 0. The number of likely N-dealkylation sites (tertiary alicyclic amines) is 2. The molecule has 2 fully saturated rings. The molecular weight excluding hydrogens is 357 g/mol. The van der Waals surface area contributed by atoms with Gasteiger partial charge in [0, 0.05) is 25.9 Å². The van der Waals surface area contributed by atoms with Crippen LogP contribution in [0.25, 0.3) is 0 Å². The molecule has 2 aliphatic rings. The van der Waals surface area contributed by atoms with Crippen LogP contribution in [-0.2, 0) is 16.0 Å². The average Bonchev–Trinajstić information content (AvgIpc) is 3.16. The van der Waals surface area contributed by atoms with Crippen molar-refractivity contribution < 1.29 is 22.8 Å². The molecule has 0 aromatic heterocycles. The van der Waals surface area contributed by atoms with Crippen molar-refractivity contribution in [2.75, 3.05) is 13.1 Å². The minimum atomic E-state index is -4.33. The predicted molar refractivity (Wildman–Crippen MR) is 94.9 cm³/mol. The number of nitrogens with zero attached hydrogens (tertiary/aromatic N) is 2. The van der Waals surface area contributed by atoms with Crippen LogP contribution in [0.5, 0.6) is 0 Å². The summed E-state index contributed by atoms with van der Waals surface area (Å²) in [4.78, 5) is 27.8. The van der Waals surface area contributed by atoms with Gasteiger partial charge in [0.15, 0.2) is 0 Å². The van der Waals surface area contributed by atoms with Crippen LogP contribution in [0.1, 0.15) is 44.1 Å². The fourth-order valence-electron chi connectivity index (χ4n) is 4.18. The normalized spacial score (nSPS) is 22.4. The number of unbranched alkanes of at least 4 members (excludes halogenated alkanes) is 1. The van der Waals surface area contributed by atoms with Gasteiger partial charge in [0.25, 0.3) is 0 Å². The Morgan fingerprint density at radius 1 is 1.11 bits per heavy atom. The number of alkyl halides is 3. The smallest absolute Gasteiger partial charge is 0.337 e. The number of hydrogen-bond donors (Lipinski definition) is 0. The van der Waals surface area contributed by atoms with E-state index in [2.05, 4.69) is 12.1 Å². The largest absolute Gasteiger partial charge is 0.389 e. The number of fused-ring (bicyclic) bond motifs is 1. The summed E-state index contributed by atoms with van der Waals surface area (Å²) < 4.78 is 37.1. The van der Waals surface area contributed by atoms with Gasteiger partial charge in [0.2, 0.25) is 11.8 Å². The lowest BCUT2D eigenvalue weighted by Gasteiger charge is -2.25. The Labute approximate surface area is 157 Å². The molecule has 7 heteroatoms. The van der Waals surface area contributed by atoms with Gasteiger partial charge in [-0.05, 0) is 31.2 Å². The van der Waals surface area contributed by atoms with Crippen molar-refractivity contribution in [1.82, 2.24) is 9.80 Å². The number of carbonyl (C=O) groups is 2. The Balaban J connectivity index is 1.47. The number of carbonyl (C=O) groups excluding carboxylic acids is 2. The maximum atomic E-state index is 12.4. The SMILES string of the molecule is O=C1C[C@H]2[C@H](CCN2C(=O)CCC(F)(F)F)N1CCCCc1ccccc1. The summed E-state index contributed by atoms with van der Waals surface area (Å²) in [6, 6.07) is 9.86. The van der Waals surface area contributed by atoms with Crippen molar-refractivity contribution in [3.8, 4) is 0 Å². The Kier molecular flexibility index (Phi) is 6.07. The van der Waals surface area contributed by atoms with E-state index in [4.69, 9.17) is 0 Å². The highest BCUT2D eigenvalue weighted by atomic mass is 19.4. The van der Waals surface area contributed by atoms with Gasteiger partial charge in [-0.1, -0.05) is 30.3 Å². The minimum Gasteiger partial charge on any atom is -0.337 e. The van der Waals surface area contributed by atoms with Crippen molar-refractivity contribution in [2.24, 2.45) is 0 Å². The van der Waals surface area contributed by atoms with Crippen LogP contribution in [0, 0.1) is 0 Å². The van der Waals surface area contributed by atoms with Gasteiger partial charge in [-0.25, -0.2) is 0 Å². The molecule has 1 aromatic rings. The lowest BCUT2D eigenvalue weighted by atomic mass is 10.1.